The second-order valence-corrected chi connectivity index (χ2v) is 7.42. The van der Waals surface area contributed by atoms with Gasteiger partial charge in [-0.2, -0.15) is 0 Å². The normalized spacial score (nSPS) is 14.4. The Morgan fingerprint density at radius 3 is 2.70 bits per heavy atom. The average Bonchev–Trinajstić information content (AvgIpc) is 3.08. The minimum Gasteiger partial charge on any atom is -0.307 e. The second kappa shape index (κ2) is 4.94. The molecule has 0 saturated heterocycles. The van der Waals surface area contributed by atoms with Crippen molar-refractivity contribution in [3.63, 3.8) is 0 Å². The Hall–Kier alpha value is -2.12. The Morgan fingerprint density at radius 1 is 1.09 bits per heavy atom. The molecular formula is C15H11ClFN3O2S. The topological polar surface area (TPSA) is 55.2 Å². The maximum absolute atomic E-state index is 14.2. The van der Waals surface area contributed by atoms with Crippen LogP contribution in [0.4, 0.5) is 10.3 Å². The predicted molar refractivity (Wildman–Crippen MR) is 85.7 cm³/mol. The summed E-state index contributed by atoms with van der Waals surface area (Å²) in [6.07, 6.45) is 0. The van der Waals surface area contributed by atoms with Crippen molar-refractivity contribution >= 4 is 38.6 Å². The fraction of sp³-hybridized carbons (Fsp3) is 0.133. The number of nitrogens with zero attached hydrogens (tertiary/aromatic N) is 3. The van der Waals surface area contributed by atoms with Crippen molar-refractivity contribution < 1.29 is 12.8 Å². The van der Waals surface area contributed by atoms with Gasteiger partial charge in [0, 0.05) is 6.54 Å². The zero-order valence-electron chi connectivity index (χ0n) is 11.8. The molecule has 0 radical (unpaired) electrons. The van der Waals surface area contributed by atoms with E-state index in [9.17, 15) is 12.8 Å². The van der Waals surface area contributed by atoms with Gasteiger partial charge in [0.05, 0.1) is 22.6 Å². The van der Waals surface area contributed by atoms with E-state index in [0.29, 0.717) is 18.0 Å². The quantitative estimate of drug-likeness (QED) is 0.713. The van der Waals surface area contributed by atoms with Crippen LogP contribution in [-0.2, 0) is 16.6 Å². The maximum atomic E-state index is 14.2. The van der Waals surface area contributed by atoms with Crippen LogP contribution < -0.4 is 4.31 Å². The van der Waals surface area contributed by atoms with Gasteiger partial charge in [-0.05, 0) is 24.3 Å². The Morgan fingerprint density at radius 2 is 1.87 bits per heavy atom. The molecule has 5 nitrogen and oxygen atoms in total. The van der Waals surface area contributed by atoms with Gasteiger partial charge in [0.1, 0.15) is 4.90 Å². The van der Waals surface area contributed by atoms with Crippen LogP contribution in [0.25, 0.3) is 11.0 Å². The zero-order chi connectivity index (χ0) is 16.2. The molecule has 2 aromatic carbocycles. The number of hydrogen-bond donors (Lipinski definition) is 0. The number of sulfonamides is 1. The lowest BCUT2D eigenvalue weighted by Gasteiger charge is -2.17. The van der Waals surface area contributed by atoms with Crippen LogP contribution in [0.1, 0.15) is 0 Å². The minimum absolute atomic E-state index is 0.210. The Bertz CT molecular complexity index is 1030. The van der Waals surface area contributed by atoms with Crippen LogP contribution in [-0.4, -0.2) is 24.5 Å². The molecule has 0 amide bonds. The summed E-state index contributed by atoms with van der Waals surface area (Å²) in [7, 11) is -4.06. The number of benzene rings is 2. The van der Waals surface area contributed by atoms with Gasteiger partial charge in [-0.3, -0.25) is 0 Å². The van der Waals surface area contributed by atoms with E-state index < -0.39 is 20.7 Å². The van der Waals surface area contributed by atoms with E-state index in [4.69, 9.17) is 11.6 Å². The van der Waals surface area contributed by atoms with Crippen molar-refractivity contribution in [1.82, 2.24) is 9.55 Å². The maximum Gasteiger partial charge on any atom is 0.269 e. The van der Waals surface area contributed by atoms with Crippen LogP contribution in [0, 0.1) is 5.82 Å². The molecule has 8 heteroatoms. The summed E-state index contributed by atoms with van der Waals surface area (Å²) in [6, 6.07) is 11.3. The molecule has 4 rings (SSSR count). The SMILES string of the molecule is O=S(=O)(c1cccc(Cl)c1F)N1CCn2c1nc1ccccc12. The highest BCUT2D eigenvalue weighted by Crippen LogP contribution is 2.33. The first-order chi connectivity index (χ1) is 11.0. The van der Waals surface area contributed by atoms with E-state index >= 15 is 0 Å². The van der Waals surface area contributed by atoms with Gasteiger partial charge >= 0.3 is 0 Å². The number of imidazole rings is 1. The number of aromatic nitrogens is 2. The van der Waals surface area contributed by atoms with Gasteiger partial charge in [0.2, 0.25) is 5.95 Å². The first-order valence-corrected chi connectivity index (χ1v) is 8.74. The molecule has 0 bridgehead atoms. The molecule has 0 fully saturated rings. The van der Waals surface area contributed by atoms with Gasteiger partial charge in [-0.1, -0.05) is 29.8 Å². The lowest BCUT2D eigenvalue weighted by molar-refractivity contribution is 0.564. The lowest BCUT2D eigenvalue weighted by Crippen LogP contribution is -2.30. The first-order valence-electron chi connectivity index (χ1n) is 6.92. The van der Waals surface area contributed by atoms with Gasteiger partial charge in [0.25, 0.3) is 10.0 Å². The molecule has 3 aromatic rings. The molecule has 23 heavy (non-hydrogen) atoms. The van der Waals surface area contributed by atoms with Crippen LogP contribution >= 0.6 is 11.6 Å². The molecule has 1 aliphatic heterocycles. The number of anilines is 1. The summed E-state index contributed by atoms with van der Waals surface area (Å²) in [4.78, 5) is 3.93. The van der Waals surface area contributed by atoms with E-state index in [0.717, 1.165) is 9.82 Å². The van der Waals surface area contributed by atoms with E-state index in [1.54, 1.807) is 0 Å². The molecular weight excluding hydrogens is 341 g/mol. The number of rotatable bonds is 2. The highest BCUT2D eigenvalue weighted by Gasteiger charge is 2.35. The third-order valence-corrected chi connectivity index (χ3v) is 5.96. The second-order valence-electron chi connectivity index (χ2n) is 5.18. The van der Waals surface area contributed by atoms with E-state index in [1.165, 1.54) is 18.2 Å². The summed E-state index contributed by atoms with van der Waals surface area (Å²) in [6.45, 7) is 0.679. The van der Waals surface area contributed by atoms with Gasteiger partial charge < -0.3 is 4.57 Å². The number of hydrogen-bond acceptors (Lipinski definition) is 3. The molecule has 0 aliphatic carbocycles. The van der Waals surface area contributed by atoms with Crippen molar-refractivity contribution in [1.29, 1.82) is 0 Å². The van der Waals surface area contributed by atoms with Crippen molar-refractivity contribution in [2.24, 2.45) is 0 Å². The third kappa shape index (κ3) is 2.04. The van der Waals surface area contributed by atoms with E-state index in [2.05, 4.69) is 4.98 Å². The fourth-order valence-electron chi connectivity index (χ4n) is 2.79. The summed E-state index contributed by atoms with van der Waals surface area (Å²) in [5, 5.41) is -0.223. The Labute approximate surface area is 137 Å². The van der Waals surface area contributed by atoms with Gasteiger partial charge in [-0.15, -0.1) is 0 Å². The monoisotopic (exact) mass is 351 g/mol. The summed E-state index contributed by atoms with van der Waals surface area (Å²) < 4.78 is 42.7. The molecule has 0 saturated carbocycles. The average molecular weight is 352 g/mol. The van der Waals surface area contributed by atoms with Crippen LogP contribution in [0.2, 0.25) is 5.02 Å². The largest absolute Gasteiger partial charge is 0.307 e. The van der Waals surface area contributed by atoms with E-state index in [1.807, 2.05) is 28.8 Å². The zero-order valence-corrected chi connectivity index (χ0v) is 13.4. The Kier molecular flexibility index (Phi) is 3.11. The van der Waals surface area contributed by atoms with Crippen molar-refractivity contribution in [2.45, 2.75) is 11.4 Å². The predicted octanol–water partition coefficient (Wildman–Crippen LogP) is 3.04. The molecule has 0 unspecified atom stereocenters. The van der Waals surface area contributed by atoms with Gasteiger partial charge in [0.15, 0.2) is 5.82 Å². The van der Waals surface area contributed by atoms with Crippen LogP contribution in [0.5, 0.6) is 0 Å². The minimum atomic E-state index is -4.06. The molecule has 2 heterocycles. The molecule has 0 spiro atoms. The van der Waals surface area contributed by atoms with Crippen molar-refractivity contribution in [3.05, 3.63) is 53.3 Å². The van der Waals surface area contributed by atoms with Crippen molar-refractivity contribution in [3.8, 4) is 0 Å². The smallest absolute Gasteiger partial charge is 0.269 e. The summed E-state index contributed by atoms with van der Waals surface area (Å²) in [5.41, 5.74) is 1.56. The van der Waals surface area contributed by atoms with Crippen LogP contribution in [0.15, 0.2) is 47.4 Å². The summed E-state index contributed by atoms with van der Waals surface area (Å²) >= 11 is 5.71. The number of para-hydroxylation sites is 2. The Balaban J connectivity index is 1.89. The van der Waals surface area contributed by atoms with Crippen molar-refractivity contribution in [2.75, 3.05) is 10.8 Å². The number of fused-ring (bicyclic) bond motifs is 3. The lowest BCUT2D eigenvalue weighted by atomic mass is 10.3. The molecule has 0 atom stereocenters. The summed E-state index contributed by atoms with van der Waals surface area (Å²) in [5.74, 6) is -0.644. The highest BCUT2D eigenvalue weighted by molar-refractivity contribution is 7.92. The molecule has 1 aliphatic rings. The molecule has 1 aromatic heterocycles. The highest BCUT2D eigenvalue weighted by atomic mass is 35.5. The van der Waals surface area contributed by atoms with Gasteiger partial charge in [-0.25, -0.2) is 22.1 Å². The number of halogens is 2. The van der Waals surface area contributed by atoms with Crippen LogP contribution in [0.3, 0.4) is 0 Å². The third-order valence-electron chi connectivity index (χ3n) is 3.87. The first kappa shape index (κ1) is 14.5. The fourth-order valence-corrected chi connectivity index (χ4v) is 4.53. The molecule has 118 valence electrons. The standard InChI is InChI=1S/C15H11ClFN3O2S/c16-10-4-3-7-13(14(10)17)23(21,22)20-9-8-19-12-6-2-1-5-11(12)18-15(19)20/h1-7H,8-9H2. The van der Waals surface area contributed by atoms with E-state index in [-0.39, 0.29) is 11.6 Å². The molecule has 0 N–H and O–H groups in total.